The molecule has 0 saturated carbocycles. The van der Waals surface area contributed by atoms with Crippen LogP contribution in [0, 0.1) is 0 Å². The number of fused-ring (bicyclic) bond motifs is 1. The molecule has 1 amide bonds. The minimum absolute atomic E-state index is 0.0462. The number of carbonyl (C=O) groups excluding carboxylic acids is 1. The Balaban J connectivity index is 1.10. The van der Waals surface area contributed by atoms with Crippen molar-refractivity contribution in [1.29, 1.82) is 0 Å². The van der Waals surface area contributed by atoms with Crippen LogP contribution in [-0.2, 0) is 32.4 Å². The molecule has 0 spiro atoms. The summed E-state index contributed by atoms with van der Waals surface area (Å²) in [6, 6.07) is 22.1. The third kappa shape index (κ3) is 7.66. The molecule has 6 rings (SSSR count). The molecular weight excluding hydrogens is 655 g/mol. The van der Waals surface area contributed by atoms with Crippen LogP contribution in [-0.4, -0.2) is 100 Å². The van der Waals surface area contributed by atoms with Crippen molar-refractivity contribution in [1.82, 2.24) is 14.7 Å². The zero-order valence-corrected chi connectivity index (χ0v) is 29.3. The first kappa shape index (κ1) is 34.2. The van der Waals surface area contributed by atoms with Gasteiger partial charge in [0.2, 0.25) is 5.91 Å². The zero-order valence-electron chi connectivity index (χ0n) is 27.0. The van der Waals surface area contributed by atoms with Crippen molar-refractivity contribution in [2.75, 3.05) is 63.8 Å². The van der Waals surface area contributed by atoms with E-state index < -0.39 is 16.1 Å². The number of likely N-dealkylation sites (N-methyl/N-ethyl adjacent to an activating group) is 1. The summed E-state index contributed by atoms with van der Waals surface area (Å²) in [7, 11) is -1.80. The third-order valence-corrected chi connectivity index (χ3v) is 12.8. The fraction of sp³-hybridized carbons (Fsp3) is 0.472. The Hall–Kier alpha value is -2.66. The number of likely N-dealkylation sites (tertiary alicyclic amines) is 1. The van der Waals surface area contributed by atoms with E-state index in [9.17, 15) is 13.2 Å². The van der Waals surface area contributed by atoms with E-state index in [1.807, 2.05) is 29.2 Å². The van der Waals surface area contributed by atoms with E-state index in [1.165, 1.54) is 28.1 Å². The van der Waals surface area contributed by atoms with Crippen LogP contribution in [0.3, 0.4) is 0 Å². The first-order valence-electron chi connectivity index (χ1n) is 16.6. The Morgan fingerprint density at radius 3 is 2.32 bits per heavy atom. The van der Waals surface area contributed by atoms with Crippen molar-refractivity contribution in [3.05, 3.63) is 94.0 Å². The van der Waals surface area contributed by atoms with Gasteiger partial charge in [-0.05, 0) is 81.0 Å². The number of anilines is 1. The van der Waals surface area contributed by atoms with Gasteiger partial charge >= 0.3 is 0 Å². The first-order chi connectivity index (χ1) is 22.7. The number of carbonyl (C=O) groups is 1. The van der Waals surface area contributed by atoms with Crippen molar-refractivity contribution in [2.24, 2.45) is 0 Å². The minimum Gasteiger partial charge on any atom is -0.369 e. The van der Waals surface area contributed by atoms with E-state index in [1.54, 1.807) is 0 Å². The zero-order chi connectivity index (χ0) is 33.0. The number of para-hydroxylation sites is 1. The maximum Gasteiger partial charge on any atom is 0.264 e. The van der Waals surface area contributed by atoms with Crippen LogP contribution in [0.25, 0.3) is 0 Å². The highest BCUT2D eigenvalue weighted by atomic mass is 35.5. The molecule has 0 aliphatic carbocycles. The molecule has 252 valence electrons. The Morgan fingerprint density at radius 1 is 0.894 bits per heavy atom. The largest absolute Gasteiger partial charge is 0.369 e. The number of aryl methyl sites for hydroxylation is 2. The average Bonchev–Trinajstić information content (AvgIpc) is 3.09. The van der Waals surface area contributed by atoms with Gasteiger partial charge in [0.1, 0.15) is 6.61 Å². The number of piperidine rings is 1. The number of amides is 1. The number of sulfonamides is 1. The molecule has 11 heteroatoms. The summed E-state index contributed by atoms with van der Waals surface area (Å²) >= 11 is 12.3. The van der Waals surface area contributed by atoms with Crippen molar-refractivity contribution in [3.63, 3.8) is 0 Å². The van der Waals surface area contributed by atoms with Gasteiger partial charge in [-0.25, -0.2) is 8.42 Å². The molecule has 3 aromatic carbocycles. The number of rotatable bonds is 10. The lowest BCUT2D eigenvalue weighted by Gasteiger charge is -2.51. The van der Waals surface area contributed by atoms with Gasteiger partial charge in [-0.3, -0.25) is 14.0 Å². The fourth-order valence-electron chi connectivity index (χ4n) is 7.37. The lowest BCUT2D eigenvalue weighted by Crippen LogP contribution is -2.61. The summed E-state index contributed by atoms with van der Waals surface area (Å²) in [5.74, 6) is -0.0462. The number of ether oxygens (including phenoxy) is 1. The monoisotopic (exact) mass is 698 g/mol. The molecule has 2 saturated heterocycles. The molecule has 1 atom stereocenters. The van der Waals surface area contributed by atoms with Gasteiger partial charge in [-0.15, -0.1) is 0 Å². The van der Waals surface area contributed by atoms with Gasteiger partial charge in [0.25, 0.3) is 10.0 Å². The summed E-state index contributed by atoms with van der Waals surface area (Å²) in [6.07, 6.45) is 5.26. The highest BCUT2D eigenvalue weighted by Gasteiger charge is 2.41. The molecule has 0 bridgehead atoms. The van der Waals surface area contributed by atoms with Gasteiger partial charge in [0, 0.05) is 44.8 Å². The molecule has 3 aromatic rings. The molecule has 47 heavy (non-hydrogen) atoms. The maximum atomic E-state index is 14.0. The van der Waals surface area contributed by atoms with Gasteiger partial charge in [-0.1, -0.05) is 71.7 Å². The van der Waals surface area contributed by atoms with Gasteiger partial charge < -0.3 is 14.5 Å². The molecule has 0 N–H and O–H groups in total. The van der Waals surface area contributed by atoms with Crippen LogP contribution in [0.2, 0.25) is 10.0 Å². The summed E-state index contributed by atoms with van der Waals surface area (Å²) in [4.78, 5) is 20.5. The topological polar surface area (TPSA) is 73.4 Å². The van der Waals surface area contributed by atoms with E-state index in [2.05, 4.69) is 47.2 Å². The van der Waals surface area contributed by atoms with E-state index in [-0.39, 0.29) is 39.6 Å². The number of piperazine rings is 1. The highest BCUT2D eigenvalue weighted by molar-refractivity contribution is 7.92. The second-order valence-corrected chi connectivity index (χ2v) is 15.7. The van der Waals surface area contributed by atoms with Crippen LogP contribution < -0.4 is 4.31 Å². The van der Waals surface area contributed by atoms with E-state index >= 15 is 0 Å². The van der Waals surface area contributed by atoms with Crippen molar-refractivity contribution >= 4 is 44.8 Å². The summed E-state index contributed by atoms with van der Waals surface area (Å²) in [5, 5.41) is 0.465. The number of benzene rings is 3. The van der Waals surface area contributed by atoms with Crippen molar-refractivity contribution in [3.8, 4) is 0 Å². The Morgan fingerprint density at radius 2 is 1.60 bits per heavy atom. The molecule has 3 heterocycles. The Labute approximate surface area is 289 Å². The fourth-order valence-corrected chi connectivity index (χ4v) is 9.47. The number of hydrogen-bond acceptors (Lipinski definition) is 6. The molecule has 8 nitrogen and oxygen atoms in total. The summed E-state index contributed by atoms with van der Waals surface area (Å²) in [5.41, 5.74) is 3.00. The normalized spacial score (nSPS) is 20.6. The van der Waals surface area contributed by atoms with Gasteiger partial charge in [0.05, 0.1) is 33.3 Å². The van der Waals surface area contributed by atoms with Crippen LogP contribution >= 0.6 is 23.2 Å². The Bertz CT molecular complexity index is 1640. The van der Waals surface area contributed by atoms with Crippen LogP contribution in [0.5, 0.6) is 0 Å². The van der Waals surface area contributed by atoms with Crippen LogP contribution in [0.4, 0.5) is 5.69 Å². The first-order valence-corrected chi connectivity index (χ1v) is 18.8. The number of halogens is 2. The predicted molar refractivity (Wildman–Crippen MR) is 188 cm³/mol. The standard InChI is InChI=1S/C36H44Cl2N4O4S/c1-39-21-23-41(24-22-39)36(16-15-28-7-3-2-4-8-28)17-19-40(20-18-36)35(43)27-46-26-30-12-11-29-9-5-6-10-34(29)42(30)47(44,45)31-13-14-32(37)33(38)25-31/h2-10,13-14,25,30H,11-12,15-24,26-27H2,1H3. The van der Waals surface area contributed by atoms with E-state index in [0.717, 1.165) is 63.8 Å². The summed E-state index contributed by atoms with van der Waals surface area (Å²) < 4.78 is 35.5. The van der Waals surface area contributed by atoms with E-state index in [4.69, 9.17) is 27.9 Å². The van der Waals surface area contributed by atoms with Crippen LogP contribution in [0.1, 0.15) is 36.8 Å². The number of nitrogens with zero attached hydrogens (tertiary/aromatic N) is 4. The number of hydrogen-bond donors (Lipinski definition) is 0. The molecule has 3 aliphatic rings. The molecule has 2 fully saturated rings. The van der Waals surface area contributed by atoms with Gasteiger partial charge in [-0.2, -0.15) is 0 Å². The smallest absolute Gasteiger partial charge is 0.264 e. The van der Waals surface area contributed by atoms with Crippen LogP contribution in [0.15, 0.2) is 77.7 Å². The molecular formula is C36H44Cl2N4O4S. The lowest BCUT2D eigenvalue weighted by atomic mass is 9.80. The highest BCUT2D eigenvalue weighted by Crippen LogP contribution is 2.37. The second kappa shape index (κ2) is 14.8. The molecule has 1 unspecified atom stereocenters. The average molecular weight is 700 g/mol. The predicted octanol–water partition coefficient (Wildman–Crippen LogP) is 5.76. The molecule has 0 radical (unpaired) electrons. The van der Waals surface area contributed by atoms with Crippen molar-refractivity contribution in [2.45, 2.75) is 55.0 Å². The van der Waals surface area contributed by atoms with E-state index in [0.29, 0.717) is 25.2 Å². The molecule has 3 aliphatic heterocycles. The second-order valence-electron chi connectivity index (χ2n) is 13.1. The lowest BCUT2D eigenvalue weighted by molar-refractivity contribution is -0.139. The Kier molecular flexibility index (Phi) is 10.8. The van der Waals surface area contributed by atoms with Gasteiger partial charge in [0.15, 0.2) is 0 Å². The summed E-state index contributed by atoms with van der Waals surface area (Å²) in [6.45, 7) is 5.64. The maximum absolute atomic E-state index is 14.0. The minimum atomic E-state index is -3.98. The molecule has 0 aromatic heterocycles. The quantitative estimate of drug-likeness (QED) is 0.268. The third-order valence-electron chi connectivity index (χ3n) is 10.2. The van der Waals surface area contributed by atoms with Crippen molar-refractivity contribution < 1.29 is 17.9 Å². The SMILES string of the molecule is CN1CCN(C2(CCc3ccccc3)CCN(C(=O)COCC3CCc4ccccc4N3S(=O)(=O)c3ccc(Cl)c(Cl)c3)CC2)CC1.